The summed E-state index contributed by atoms with van der Waals surface area (Å²) in [4.78, 5) is 8.92. The molecular weight excluding hydrogens is 290 g/mol. The van der Waals surface area contributed by atoms with Gasteiger partial charge in [0.05, 0.1) is 12.0 Å². The average Bonchev–Trinajstić information content (AvgIpc) is 3.09. The van der Waals surface area contributed by atoms with E-state index in [9.17, 15) is 0 Å². The maximum absolute atomic E-state index is 6.15. The average molecular weight is 315 g/mol. The molecule has 0 saturated carbocycles. The summed E-state index contributed by atoms with van der Waals surface area (Å²) in [5, 5.41) is 0. The molecule has 2 aromatic heterocycles. The van der Waals surface area contributed by atoms with Crippen molar-refractivity contribution in [3.8, 4) is 5.75 Å². The lowest BCUT2D eigenvalue weighted by Gasteiger charge is -2.17. The van der Waals surface area contributed by atoms with Crippen molar-refractivity contribution in [3.63, 3.8) is 0 Å². The molecule has 0 radical (unpaired) electrons. The highest BCUT2D eigenvalue weighted by atomic mass is 16.5. The van der Waals surface area contributed by atoms with Crippen LogP contribution >= 0.6 is 0 Å². The number of rotatable bonds is 6. The third-order valence-electron chi connectivity index (χ3n) is 4.16. The zero-order valence-electron chi connectivity index (χ0n) is 14.2. The number of hydrogen-bond donors (Lipinski definition) is 0. The summed E-state index contributed by atoms with van der Waals surface area (Å²) in [5.41, 5.74) is 2.30. The number of aryl methyl sites for hydroxylation is 1. The van der Waals surface area contributed by atoms with Crippen LogP contribution in [0.4, 0.5) is 0 Å². The molecule has 0 amide bonds. The lowest BCUT2D eigenvalue weighted by atomic mass is 10.2. The van der Waals surface area contributed by atoms with Gasteiger partial charge < -0.3 is 14.1 Å². The fraction of sp³-hybridized carbons (Fsp3) is 0.500. The van der Waals surface area contributed by atoms with Gasteiger partial charge in [0.25, 0.3) is 0 Å². The van der Waals surface area contributed by atoms with E-state index in [1.165, 1.54) is 5.56 Å². The molecule has 1 fully saturated rings. The van der Waals surface area contributed by atoms with E-state index in [-0.39, 0.29) is 6.10 Å². The fourth-order valence-corrected chi connectivity index (χ4v) is 2.99. The molecule has 3 heterocycles. The molecule has 0 aliphatic carbocycles. The van der Waals surface area contributed by atoms with Crippen LogP contribution in [0.5, 0.6) is 5.75 Å². The second-order valence-electron chi connectivity index (χ2n) is 6.49. The summed E-state index contributed by atoms with van der Waals surface area (Å²) in [6.45, 7) is 5.79. The molecule has 23 heavy (non-hydrogen) atoms. The number of pyridine rings is 1. The Bertz CT molecular complexity index is 639. The molecular formula is C18H25N3O2. The van der Waals surface area contributed by atoms with E-state index in [0.717, 1.165) is 49.8 Å². The van der Waals surface area contributed by atoms with Gasteiger partial charge >= 0.3 is 0 Å². The molecule has 1 atom stereocenters. The summed E-state index contributed by atoms with van der Waals surface area (Å²) in [6.07, 6.45) is 4.90. The van der Waals surface area contributed by atoms with Crippen LogP contribution in [0.15, 0.2) is 35.1 Å². The molecule has 5 nitrogen and oxygen atoms in total. The van der Waals surface area contributed by atoms with Crippen LogP contribution in [-0.4, -0.2) is 48.1 Å². The van der Waals surface area contributed by atoms with Crippen LogP contribution in [0.25, 0.3) is 0 Å². The SMILES string of the molecule is Cc1occc1CN1CCC(Oc2ccnc(CN(C)C)c2)C1. The van der Waals surface area contributed by atoms with Gasteiger partial charge in [-0.3, -0.25) is 9.88 Å². The first-order valence-corrected chi connectivity index (χ1v) is 8.12. The molecule has 0 bridgehead atoms. The van der Waals surface area contributed by atoms with E-state index in [4.69, 9.17) is 9.15 Å². The number of furan rings is 1. The topological polar surface area (TPSA) is 41.7 Å². The van der Waals surface area contributed by atoms with Crippen LogP contribution < -0.4 is 4.74 Å². The Balaban J connectivity index is 1.54. The molecule has 3 rings (SSSR count). The summed E-state index contributed by atoms with van der Waals surface area (Å²) < 4.78 is 11.5. The monoisotopic (exact) mass is 315 g/mol. The maximum atomic E-state index is 6.15. The zero-order chi connectivity index (χ0) is 16.2. The second-order valence-corrected chi connectivity index (χ2v) is 6.49. The Morgan fingerprint density at radius 3 is 3.00 bits per heavy atom. The van der Waals surface area contributed by atoms with Gasteiger partial charge in [0.15, 0.2) is 0 Å². The highest BCUT2D eigenvalue weighted by molar-refractivity contribution is 5.23. The van der Waals surface area contributed by atoms with Crippen molar-refractivity contribution in [1.82, 2.24) is 14.8 Å². The van der Waals surface area contributed by atoms with Gasteiger partial charge in [-0.05, 0) is 39.6 Å². The van der Waals surface area contributed by atoms with Crippen LogP contribution in [0, 0.1) is 6.92 Å². The predicted molar refractivity (Wildman–Crippen MR) is 89.4 cm³/mol. The third-order valence-corrected chi connectivity index (χ3v) is 4.16. The first-order chi connectivity index (χ1) is 11.1. The normalized spacial score (nSPS) is 18.7. The zero-order valence-corrected chi connectivity index (χ0v) is 14.2. The number of nitrogens with zero attached hydrogens (tertiary/aromatic N) is 3. The Morgan fingerprint density at radius 1 is 1.39 bits per heavy atom. The number of aromatic nitrogens is 1. The van der Waals surface area contributed by atoms with Gasteiger partial charge in [0.1, 0.15) is 17.6 Å². The first kappa shape index (κ1) is 16.0. The van der Waals surface area contributed by atoms with Gasteiger partial charge in [-0.2, -0.15) is 0 Å². The molecule has 2 aromatic rings. The number of ether oxygens (including phenoxy) is 1. The Labute approximate surface area is 137 Å². The minimum absolute atomic E-state index is 0.247. The largest absolute Gasteiger partial charge is 0.489 e. The lowest BCUT2D eigenvalue weighted by Crippen LogP contribution is -2.24. The maximum Gasteiger partial charge on any atom is 0.123 e. The van der Waals surface area contributed by atoms with Crippen molar-refractivity contribution in [1.29, 1.82) is 0 Å². The van der Waals surface area contributed by atoms with Crippen LogP contribution in [0.2, 0.25) is 0 Å². The summed E-state index contributed by atoms with van der Waals surface area (Å²) in [7, 11) is 4.09. The Hall–Kier alpha value is -1.85. The molecule has 0 aromatic carbocycles. The van der Waals surface area contributed by atoms with Crippen molar-refractivity contribution < 1.29 is 9.15 Å². The van der Waals surface area contributed by atoms with Crippen molar-refractivity contribution >= 4 is 0 Å². The predicted octanol–water partition coefficient (Wildman–Crippen LogP) is 2.70. The highest BCUT2D eigenvalue weighted by Gasteiger charge is 2.24. The van der Waals surface area contributed by atoms with Crippen molar-refractivity contribution in [2.75, 3.05) is 27.2 Å². The Morgan fingerprint density at radius 2 is 2.26 bits per heavy atom. The number of likely N-dealkylation sites (tertiary alicyclic amines) is 1. The molecule has 1 aliphatic rings. The lowest BCUT2D eigenvalue weighted by molar-refractivity contribution is 0.197. The quantitative estimate of drug-likeness (QED) is 0.820. The van der Waals surface area contributed by atoms with E-state index in [1.807, 2.05) is 39.3 Å². The summed E-state index contributed by atoms with van der Waals surface area (Å²) in [5.74, 6) is 1.93. The van der Waals surface area contributed by atoms with Crippen molar-refractivity contribution in [2.24, 2.45) is 0 Å². The molecule has 124 valence electrons. The molecule has 5 heteroatoms. The Kier molecular flexibility index (Phi) is 4.98. The highest BCUT2D eigenvalue weighted by Crippen LogP contribution is 2.21. The molecule has 0 spiro atoms. The summed E-state index contributed by atoms with van der Waals surface area (Å²) in [6, 6.07) is 6.05. The first-order valence-electron chi connectivity index (χ1n) is 8.12. The van der Waals surface area contributed by atoms with Gasteiger partial charge in [0, 0.05) is 44.0 Å². The molecule has 0 N–H and O–H groups in total. The van der Waals surface area contributed by atoms with Crippen LogP contribution in [0.3, 0.4) is 0 Å². The molecule has 1 saturated heterocycles. The van der Waals surface area contributed by atoms with E-state index < -0.39 is 0 Å². The molecule has 1 aliphatic heterocycles. The smallest absolute Gasteiger partial charge is 0.123 e. The second kappa shape index (κ2) is 7.15. The van der Waals surface area contributed by atoms with Gasteiger partial charge in [-0.15, -0.1) is 0 Å². The van der Waals surface area contributed by atoms with E-state index in [1.54, 1.807) is 6.26 Å². The van der Waals surface area contributed by atoms with Crippen LogP contribution in [0.1, 0.15) is 23.4 Å². The fourth-order valence-electron chi connectivity index (χ4n) is 2.99. The number of hydrogen-bond acceptors (Lipinski definition) is 5. The molecule has 1 unspecified atom stereocenters. The minimum Gasteiger partial charge on any atom is -0.489 e. The van der Waals surface area contributed by atoms with Crippen molar-refractivity contribution in [2.45, 2.75) is 32.5 Å². The minimum atomic E-state index is 0.247. The summed E-state index contributed by atoms with van der Waals surface area (Å²) >= 11 is 0. The van der Waals surface area contributed by atoms with Gasteiger partial charge in [-0.25, -0.2) is 0 Å². The third kappa shape index (κ3) is 4.33. The van der Waals surface area contributed by atoms with E-state index in [2.05, 4.69) is 20.9 Å². The van der Waals surface area contributed by atoms with Gasteiger partial charge in [-0.1, -0.05) is 0 Å². The van der Waals surface area contributed by atoms with E-state index in [0.29, 0.717) is 0 Å². The van der Waals surface area contributed by atoms with Crippen LogP contribution in [-0.2, 0) is 13.1 Å². The van der Waals surface area contributed by atoms with E-state index >= 15 is 0 Å². The van der Waals surface area contributed by atoms with Gasteiger partial charge in [0.2, 0.25) is 0 Å². The standard InChI is InChI=1S/C18H25N3O2/c1-14-15(6-9-22-14)11-21-8-5-18(13-21)23-17-4-7-19-16(10-17)12-20(2)3/h4,6-7,9-10,18H,5,8,11-13H2,1-3H3. The van der Waals surface area contributed by atoms with Crippen molar-refractivity contribution in [3.05, 3.63) is 47.7 Å².